The van der Waals surface area contributed by atoms with E-state index in [-0.39, 0.29) is 0 Å². The quantitative estimate of drug-likeness (QED) is 0.174. The standard InChI is InChI=1S/C42H28N6/c1-3-34(43-4-2)29-18-20-41(46-26-29)48-37-15-10-12-27-11-9-13-30(42(27)37)32-24-33-31-23-28(35-14-5-7-21-44-35)17-19-36(31)47(39(33)25-38(32)48)40-16-6-8-22-45-40/h3-26H,1-2H2. The number of nitrogens with zero attached hydrogens (tertiary/aromatic N) is 6. The average Bonchev–Trinajstić information content (AvgIpc) is 3.47. The molecule has 0 bridgehead atoms. The second kappa shape index (κ2) is 11.0. The maximum absolute atomic E-state index is 5.00. The van der Waals surface area contributed by atoms with Crippen molar-refractivity contribution in [3.8, 4) is 28.2 Å². The number of aliphatic imine (C=N–C) groups is 1. The summed E-state index contributed by atoms with van der Waals surface area (Å²) >= 11 is 0. The van der Waals surface area contributed by atoms with Crippen molar-refractivity contribution in [2.24, 2.45) is 4.99 Å². The van der Waals surface area contributed by atoms with Crippen molar-refractivity contribution in [1.29, 1.82) is 0 Å². The van der Waals surface area contributed by atoms with Gasteiger partial charge >= 0.3 is 0 Å². The summed E-state index contributed by atoms with van der Waals surface area (Å²) in [7, 11) is 0. The van der Waals surface area contributed by atoms with Crippen LogP contribution in [0.25, 0.3) is 60.8 Å². The van der Waals surface area contributed by atoms with Gasteiger partial charge in [-0.15, -0.1) is 0 Å². The van der Waals surface area contributed by atoms with Gasteiger partial charge in [-0.3, -0.25) is 19.4 Å². The van der Waals surface area contributed by atoms with Crippen LogP contribution in [0.1, 0.15) is 5.56 Å². The molecule has 1 aliphatic heterocycles. The van der Waals surface area contributed by atoms with Crippen LogP contribution in [-0.4, -0.2) is 25.2 Å². The molecular weight excluding hydrogens is 589 g/mol. The molecule has 4 aromatic carbocycles. The van der Waals surface area contributed by atoms with Crippen LogP contribution in [-0.2, 0) is 0 Å². The monoisotopic (exact) mass is 616 g/mol. The SMILES string of the molecule is C=CN=C(C=C)c1ccc(N2c3cc4c(cc3-c3cccc5cccc2c35)c2cc(-c3ccccn3)ccc2n4-c2ccccn2)nc1. The van der Waals surface area contributed by atoms with E-state index in [2.05, 4.69) is 111 Å². The van der Waals surface area contributed by atoms with Crippen LogP contribution in [0.4, 0.5) is 17.2 Å². The maximum Gasteiger partial charge on any atom is 0.137 e. The van der Waals surface area contributed by atoms with Gasteiger partial charge in [0.1, 0.15) is 11.6 Å². The Morgan fingerprint density at radius 3 is 2.23 bits per heavy atom. The van der Waals surface area contributed by atoms with Crippen LogP contribution < -0.4 is 4.90 Å². The highest BCUT2D eigenvalue weighted by atomic mass is 15.2. The molecule has 0 radical (unpaired) electrons. The number of anilines is 3. The summed E-state index contributed by atoms with van der Waals surface area (Å²) in [5.41, 5.74) is 10.2. The second-order valence-electron chi connectivity index (χ2n) is 11.7. The molecule has 6 heteroatoms. The molecule has 8 aromatic rings. The summed E-state index contributed by atoms with van der Waals surface area (Å²) in [6, 6.07) is 40.4. The third-order valence-electron chi connectivity index (χ3n) is 9.07. The van der Waals surface area contributed by atoms with Gasteiger partial charge in [-0.05, 0) is 83.8 Å². The summed E-state index contributed by atoms with van der Waals surface area (Å²) in [6.45, 7) is 7.67. The number of rotatable bonds is 6. The van der Waals surface area contributed by atoms with Crippen molar-refractivity contribution < 1.29 is 0 Å². The minimum atomic E-state index is 0.724. The smallest absolute Gasteiger partial charge is 0.137 e. The van der Waals surface area contributed by atoms with Crippen LogP contribution in [0.5, 0.6) is 0 Å². The lowest BCUT2D eigenvalue weighted by molar-refractivity contribution is 1.08. The fraction of sp³-hybridized carbons (Fsp3) is 0. The average molecular weight is 617 g/mol. The first kappa shape index (κ1) is 27.6. The van der Waals surface area contributed by atoms with Gasteiger partial charge in [-0.25, -0.2) is 9.97 Å². The molecule has 0 spiro atoms. The molecule has 0 aliphatic carbocycles. The lowest BCUT2D eigenvalue weighted by Crippen LogP contribution is -2.16. The van der Waals surface area contributed by atoms with E-state index in [4.69, 9.17) is 9.97 Å². The van der Waals surface area contributed by atoms with Crippen LogP contribution in [0.15, 0.2) is 164 Å². The van der Waals surface area contributed by atoms with Gasteiger partial charge in [0, 0.05) is 57.6 Å². The molecule has 0 atom stereocenters. The maximum atomic E-state index is 5.00. The highest BCUT2D eigenvalue weighted by Gasteiger charge is 2.29. The van der Waals surface area contributed by atoms with E-state index in [1.165, 1.54) is 22.5 Å². The fourth-order valence-electron chi connectivity index (χ4n) is 7.00. The predicted octanol–water partition coefficient (Wildman–Crippen LogP) is 10.4. The Balaban J connectivity index is 1.36. The number of fused-ring (bicyclic) bond motifs is 5. The summed E-state index contributed by atoms with van der Waals surface area (Å²) in [5.74, 6) is 1.66. The third kappa shape index (κ3) is 4.20. The van der Waals surface area contributed by atoms with Gasteiger partial charge in [-0.1, -0.05) is 61.7 Å². The van der Waals surface area contributed by atoms with Crippen molar-refractivity contribution in [2.45, 2.75) is 0 Å². The first-order valence-corrected chi connectivity index (χ1v) is 15.8. The second-order valence-corrected chi connectivity index (χ2v) is 11.7. The predicted molar refractivity (Wildman–Crippen MR) is 198 cm³/mol. The van der Waals surface area contributed by atoms with Crippen molar-refractivity contribution >= 4 is 55.5 Å². The summed E-state index contributed by atoms with van der Waals surface area (Å²) in [6.07, 6.45) is 8.77. The zero-order valence-electron chi connectivity index (χ0n) is 26.0. The Bertz CT molecular complexity index is 2580. The number of aromatic nitrogens is 4. The van der Waals surface area contributed by atoms with Crippen LogP contribution in [0.3, 0.4) is 0 Å². The molecule has 9 rings (SSSR count). The Hall–Kier alpha value is -6.66. The minimum absolute atomic E-state index is 0.724. The van der Waals surface area contributed by atoms with Gasteiger partial charge in [-0.2, -0.15) is 0 Å². The first-order valence-electron chi connectivity index (χ1n) is 15.8. The largest absolute Gasteiger partial charge is 0.294 e. The molecule has 226 valence electrons. The van der Waals surface area contributed by atoms with Crippen LogP contribution in [0.2, 0.25) is 0 Å². The number of hydrogen-bond acceptors (Lipinski definition) is 5. The summed E-state index contributed by atoms with van der Waals surface area (Å²) in [5, 5.41) is 4.65. The molecule has 0 unspecified atom stereocenters. The van der Waals surface area contributed by atoms with Crippen molar-refractivity contribution in [2.75, 3.05) is 4.90 Å². The zero-order valence-corrected chi connectivity index (χ0v) is 26.0. The van der Waals surface area contributed by atoms with E-state index in [0.717, 1.165) is 72.9 Å². The molecule has 48 heavy (non-hydrogen) atoms. The number of allylic oxidation sites excluding steroid dienone is 1. The minimum Gasteiger partial charge on any atom is -0.294 e. The summed E-state index contributed by atoms with van der Waals surface area (Å²) < 4.78 is 2.26. The molecule has 0 fully saturated rings. The number of hydrogen-bond donors (Lipinski definition) is 0. The lowest BCUT2D eigenvalue weighted by atomic mass is 9.90. The molecule has 0 saturated heterocycles. The highest BCUT2D eigenvalue weighted by Crippen LogP contribution is 2.52. The third-order valence-corrected chi connectivity index (χ3v) is 9.07. The fourth-order valence-corrected chi connectivity index (χ4v) is 7.00. The van der Waals surface area contributed by atoms with Crippen LogP contribution in [0, 0.1) is 0 Å². The Labute approximate surface area is 277 Å². The Morgan fingerprint density at radius 2 is 1.48 bits per heavy atom. The van der Waals surface area contributed by atoms with Gasteiger partial charge in [0.25, 0.3) is 0 Å². The van der Waals surface area contributed by atoms with Gasteiger partial charge < -0.3 is 0 Å². The van der Waals surface area contributed by atoms with Crippen LogP contribution >= 0.6 is 0 Å². The number of pyridine rings is 3. The van der Waals surface area contributed by atoms with Crippen molar-refractivity contribution in [1.82, 2.24) is 19.5 Å². The van der Waals surface area contributed by atoms with E-state index >= 15 is 0 Å². The van der Waals surface area contributed by atoms with Gasteiger partial charge in [0.15, 0.2) is 0 Å². The first-order chi connectivity index (χ1) is 23.7. The topological polar surface area (TPSA) is 59.2 Å². The Morgan fingerprint density at radius 1 is 0.646 bits per heavy atom. The molecule has 0 amide bonds. The Kier molecular flexibility index (Phi) is 6.33. The molecule has 6 nitrogen and oxygen atoms in total. The normalized spacial score (nSPS) is 12.4. The van der Waals surface area contributed by atoms with E-state index < -0.39 is 0 Å². The summed E-state index contributed by atoms with van der Waals surface area (Å²) in [4.78, 5) is 21.1. The zero-order chi connectivity index (χ0) is 32.2. The lowest BCUT2D eigenvalue weighted by Gasteiger charge is -2.33. The molecule has 5 heterocycles. The van der Waals surface area contributed by atoms with Crippen molar-refractivity contribution in [3.05, 3.63) is 165 Å². The molecule has 4 aromatic heterocycles. The molecule has 0 N–H and O–H groups in total. The number of benzene rings is 4. The van der Waals surface area contributed by atoms with E-state index in [9.17, 15) is 0 Å². The van der Waals surface area contributed by atoms with E-state index in [1.807, 2.05) is 55.0 Å². The molecule has 1 aliphatic rings. The van der Waals surface area contributed by atoms with Gasteiger partial charge in [0.05, 0.1) is 33.8 Å². The van der Waals surface area contributed by atoms with Gasteiger partial charge in [0.2, 0.25) is 0 Å². The van der Waals surface area contributed by atoms with E-state index in [1.54, 1.807) is 6.08 Å². The molecule has 0 saturated carbocycles. The highest BCUT2D eigenvalue weighted by molar-refractivity contribution is 6.19. The van der Waals surface area contributed by atoms with Crippen molar-refractivity contribution in [3.63, 3.8) is 0 Å². The molecular formula is C42H28N6. The van der Waals surface area contributed by atoms with E-state index in [0.29, 0.717) is 0 Å².